The minimum atomic E-state index is -0.699. The summed E-state index contributed by atoms with van der Waals surface area (Å²) in [7, 11) is 1.72. The standard InChI is InChI=1S/C32H35F2N7O3/c1-18-15-21(16-19(2)27(18)33)41-29(26-20(3)38(12-8-9-23(26)36-41)31(43)44-32(4,5)6)40-14-13-39(30(40)42)25-11-10-24-22(28(25)34)17-35-37(24)7/h10-11,13-17,20H,8-9,12H2,1-7H3/t20-/m0/s1. The Morgan fingerprint density at radius 3 is 2.41 bits per heavy atom. The smallest absolute Gasteiger partial charge is 0.410 e. The summed E-state index contributed by atoms with van der Waals surface area (Å²) in [6.45, 7) is 11.1. The van der Waals surface area contributed by atoms with Gasteiger partial charge in [-0.1, -0.05) is 0 Å². The second-order valence-corrected chi connectivity index (χ2v) is 12.4. The number of benzene rings is 2. The summed E-state index contributed by atoms with van der Waals surface area (Å²) >= 11 is 0. The Morgan fingerprint density at radius 2 is 1.73 bits per heavy atom. The van der Waals surface area contributed by atoms with E-state index in [0.29, 0.717) is 64.2 Å². The number of fused-ring (bicyclic) bond motifs is 2. The van der Waals surface area contributed by atoms with Crippen LogP contribution in [0.25, 0.3) is 28.1 Å². The molecule has 0 unspecified atom stereocenters. The molecule has 1 amide bonds. The molecule has 5 aromatic rings. The number of hydrogen-bond donors (Lipinski definition) is 0. The number of carbonyl (C=O) groups excluding carboxylic acids is 1. The van der Waals surface area contributed by atoms with E-state index >= 15 is 4.39 Å². The van der Waals surface area contributed by atoms with Crippen molar-refractivity contribution in [1.82, 2.24) is 33.6 Å². The Morgan fingerprint density at radius 1 is 1.05 bits per heavy atom. The summed E-state index contributed by atoms with van der Waals surface area (Å²) in [6, 6.07) is 6.08. The molecule has 1 aliphatic rings. The minimum Gasteiger partial charge on any atom is -0.444 e. The molecule has 0 fully saturated rings. The van der Waals surface area contributed by atoms with Crippen LogP contribution >= 0.6 is 0 Å². The van der Waals surface area contributed by atoms with E-state index in [1.807, 2.05) is 27.7 Å². The van der Waals surface area contributed by atoms with Crippen LogP contribution in [0.1, 0.15) is 62.5 Å². The molecule has 0 saturated carbocycles. The summed E-state index contributed by atoms with van der Waals surface area (Å²) in [4.78, 5) is 29.1. The Bertz CT molecular complexity index is 1970. The second kappa shape index (κ2) is 10.5. The number of hydrogen-bond acceptors (Lipinski definition) is 5. The maximum atomic E-state index is 15.7. The topological polar surface area (TPSA) is 92.1 Å². The predicted octanol–water partition coefficient (Wildman–Crippen LogP) is 5.84. The van der Waals surface area contributed by atoms with E-state index in [-0.39, 0.29) is 11.5 Å². The fourth-order valence-corrected chi connectivity index (χ4v) is 5.96. The number of aryl methyl sites for hydroxylation is 4. The summed E-state index contributed by atoms with van der Waals surface area (Å²) < 4.78 is 41.9. The highest BCUT2D eigenvalue weighted by Crippen LogP contribution is 2.36. The van der Waals surface area contributed by atoms with Crippen LogP contribution in [0.4, 0.5) is 13.6 Å². The molecule has 3 aromatic heterocycles. The van der Waals surface area contributed by atoms with Gasteiger partial charge in [0.05, 0.1) is 40.2 Å². The zero-order valence-corrected chi connectivity index (χ0v) is 25.9. The molecule has 12 heteroatoms. The van der Waals surface area contributed by atoms with Crippen molar-refractivity contribution in [3.05, 3.63) is 87.4 Å². The van der Waals surface area contributed by atoms with Gasteiger partial charge in [-0.3, -0.25) is 13.8 Å². The lowest BCUT2D eigenvalue weighted by Gasteiger charge is -2.31. The number of aromatic nitrogens is 6. The third-order valence-corrected chi connectivity index (χ3v) is 8.07. The first-order valence-electron chi connectivity index (χ1n) is 14.6. The summed E-state index contributed by atoms with van der Waals surface area (Å²) in [5.41, 5.74) is 2.22. The summed E-state index contributed by atoms with van der Waals surface area (Å²) in [5, 5.41) is 9.36. The van der Waals surface area contributed by atoms with Crippen LogP contribution in [-0.2, 0) is 18.2 Å². The van der Waals surface area contributed by atoms with E-state index in [1.165, 1.54) is 21.5 Å². The molecule has 0 spiro atoms. The fraction of sp³-hybridized carbons (Fsp3) is 0.375. The maximum absolute atomic E-state index is 15.7. The highest BCUT2D eigenvalue weighted by atomic mass is 19.1. The van der Waals surface area contributed by atoms with Crippen LogP contribution in [0.5, 0.6) is 0 Å². The van der Waals surface area contributed by atoms with E-state index in [2.05, 4.69) is 5.10 Å². The van der Waals surface area contributed by atoms with Gasteiger partial charge in [0.1, 0.15) is 17.2 Å². The SMILES string of the molecule is Cc1cc(-n2nc3c(c2-n2ccn(-c4ccc5c(cnn5C)c4F)c2=O)[C@H](C)N(C(=O)OC(C)(C)C)CCC3)cc(C)c1F. The molecule has 0 bridgehead atoms. The zero-order chi connectivity index (χ0) is 31.7. The van der Waals surface area contributed by atoms with Gasteiger partial charge in [-0.2, -0.15) is 10.2 Å². The van der Waals surface area contributed by atoms with Gasteiger partial charge < -0.3 is 9.64 Å². The molecule has 6 rings (SSSR count). The average Bonchev–Trinajstić information content (AvgIpc) is 3.60. The van der Waals surface area contributed by atoms with Crippen molar-refractivity contribution in [2.45, 2.75) is 66.0 Å². The lowest BCUT2D eigenvalue weighted by atomic mass is 10.1. The van der Waals surface area contributed by atoms with Crippen molar-refractivity contribution in [1.29, 1.82) is 0 Å². The molecule has 0 radical (unpaired) electrons. The molecule has 0 aliphatic carbocycles. The number of nitrogens with zero attached hydrogens (tertiary/aromatic N) is 7. The van der Waals surface area contributed by atoms with Gasteiger partial charge in [0.15, 0.2) is 5.82 Å². The first-order chi connectivity index (χ1) is 20.8. The number of imidazole rings is 1. The van der Waals surface area contributed by atoms with Crippen molar-refractivity contribution >= 4 is 17.0 Å². The fourth-order valence-electron chi connectivity index (χ4n) is 5.96. The van der Waals surface area contributed by atoms with Crippen LogP contribution in [0.2, 0.25) is 0 Å². The van der Waals surface area contributed by atoms with E-state index in [9.17, 15) is 14.0 Å². The number of amides is 1. The third-order valence-electron chi connectivity index (χ3n) is 8.07. The Balaban J connectivity index is 1.57. The normalized spacial score (nSPS) is 15.5. The first-order valence-corrected chi connectivity index (χ1v) is 14.6. The van der Waals surface area contributed by atoms with E-state index in [1.54, 1.807) is 65.6 Å². The van der Waals surface area contributed by atoms with E-state index < -0.39 is 29.2 Å². The van der Waals surface area contributed by atoms with Gasteiger partial charge in [-0.25, -0.2) is 23.1 Å². The predicted molar refractivity (Wildman–Crippen MR) is 162 cm³/mol. The summed E-state index contributed by atoms with van der Waals surface area (Å²) in [5.74, 6) is -0.505. The quantitative estimate of drug-likeness (QED) is 0.258. The molecular weight excluding hydrogens is 568 g/mol. The first kappa shape index (κ1) is 29.3. The number of halogens is 2. The van der Waals surface area contributed by atoms with Gasteiger partial charge in [0.2, 0.25) is 0 Å². The molecule has 1 aliphatic heterocycles. The maximum Gasteiger partial charge on any atom is 0.410 e. The minimum absolute atomic E-state index is 0.0725. The Labute approximate surface area is 253 Å². The van der Waals surface area contributed by atoms with Gasteiger partial charge in [-0.05, 0) is 89.8 Å². The lowest BCUT2D eigenvalue weighted by Crippen LogP contribution is -2.39. The second-order valence-electron chi connectivity index (χ2n) is 12.4. The molecule has 2 aromatic carbocycles. The van der Waals surface area contributed by atoms with Crippen LogP contribution in [0.3, 0.4) is 0 Å². The summed E-state index contributed by atoms with van der Waals surface area (Å²) in [6.07, 6.45) is 5.18. The monoisotopic (exact) mass is 603 g/mol. The van der Waals surface area contributed by atoms with Crippen LogP contribution in [0.15, 0.2) is 47.7 Å². The highest BCUT2D eigenvalue weighted by Gasteiger charge is 2.35. The van der Waals surface area contributed by atoms with Crippen molar-refractivity contribution in [2.75, 3.05) is 6.54 Å². The molecule has 44 heavy (non-hydrogen) atoms. The molecule has 1 atom stereocenters. The molecule has 0 saturated heterocycles. The Hall–Kier alpha value is -4.74. The van der Waals surface area contributed by atoms with Gasteiger partial charge >= 0.3 is 11.8 Å². The van der Waals surface area contributed by atoms with Crippen LogP contribution < -0.4 is 5.69 Å². The van der Waals surface area contributed by atoms with E-state index in [0.717, 1.165) is 0 Å². The van der Waals surface area contributed by atoms with Crippen LogP contribution in [0, 0.1) is 25.5 Å². The number of ether oxygens (including phenoxy) is 1. The number of carbonyl (C=O) groups is 1. The molecule has 230 valence electrons. The van der Waals surface area contributed by atoms with Crippen LogP contribution in [-0.4, -0.2) is 51.8 Å². The van der Waals surface area contributed by atoms with Gasteiger partial charge in [-0.15, -0.1) is 0 Å². The van der Waals surface area contributed by atoms with Crippen molar-refractivity contribution in [3.8, 4) is 17.2 Å². The molecule has 0 N–H and O–H groups in total. The molecule has 10 nitrogen and oxygen atoms in total. The largest absolute Gasteiger partial charge is 0.444 e. The lowest BCUT2D eigenvalue weighted by molar-refractivity contribution is 0.0178. The van der Waals surface area contributed by atoms with Crippen molar-refractivity contribution in [3.63, 3.8) is 0 Å². The van der Waals surface area contributed by atoms with Gasteiger partial charge in [0.25, 0.3) is 0 Å². The third kappa shape index (κ3) is 4.78. The Kier molecular flexibility index (Phi) is 6.97. The molecule has 4 heterocycles. The van der Waals surface area contributed by atoms with Crippen molar-refractivity contribution < 1.29 is 18.3 Å². The van der Waals surface area contributed by atoms with E-state index in [4.69, 9.17) is 9.84 Å². The zero-order valence-electron chi connectivity index (χ0n) is 25.9. The van der Waals surface area contributed by atoms with Crippen molar-refractivity contribution in [2.24, 2.45) is 7.05 Å². The molecular formula is C32H35F2N7O3. The number of rotatable bonds is 3. The highest BCUT2D eigenvalue weighted by molar-refractivity contribution is 5.81. The average molecular weight is 604 g/mol. The van der Waals surface area contributed by atoms with Gasteiger partial charge in [0, 0.05) is 31.5 Å².